The van der Waals surface area contributed by atoms with Gasteiger partial charge in [0.1, 0.15) is 11.6 Å². The van der Waals surface area contributed by atoms with Crippen LogP contribution in [0.1, 0.15) is 44.9 Å². The molecule has 0 saturated heterocycles. The number of aromatic nitrogens is 2. The number of likely N-dealkylation sites (N-methyl/N-ethyl adjacent to an activating group) is 1. The van der Waals surface area contributed by atoms with Gasteiger partial charge in [0, 0.05) is 31.1 Å². The third-order valence-electron chi connectivity index (χ3n) is 3.84. The normalized spacial score (nSPS) is 16.6. The lowest BCUT2D eigenvalue weighted by Crippen LogP contribution is -2.33. The summed E-state index contributed by atoms with van der Waals surface area (Å²) < 4.78 is 0. The SMILES string of the molecule is CCC(C)N(C)CCNc1cc(=O)[nH]c(C2CC2)n1. The molecule has 0 bridgehead atoms. The molecule has 1 saturated carbocycles. The summed E-state index contributed by atoms with van der Waals surface area (Å²) in [4.78, 5) is 21.1. The quantitative estimate of drug-likeness (QED) is 0.788. The van der Waals surface area contributed by atoms with Crippen molar-refractivity contribution in [3.8, 4) is 0 Å². The van der Waals surface area contributed by atoms with Crippen LogP contribution in [0.5, 0.6) is 0 Å². The van der Waals surface area contributed by atoms with Crippen molar-refractivity contribution in [1.82, 2.24) is 14.9 Å². The topological polar surface area (TPSA) is 61.0 Å². The molecule has 1 aliphatic rings. The Balaban J connectivity index is 1.87. The summed E-state index contributed by atoms with van der Waals surface area (Å²) in [5, 5.41) is 3.25. The number of hydrogen-bond acceptors (Lipinski definition) is 4. The van der Waals surface area contributed by atoms with E-state index in [0.29, 0.717) is 17.8 Å². The highest BCUT2D eigenvalue weighted by atomic mass is 16.1. The van der Waals surface area contributed by atoms with Crippen molar-refractivity contribution in [3.63, 3.8) is 0 Å². The van der Waals surface area contributed by atoms with Gasteiger partial charge < -0.3 is 15.2 Å². The second kappa shape index (κ2) is 6.19. The second-order valence-electron chi connectivity index (χ2n) is 5.45. The number of rotatable bonds is 7. The molecule has 1 unspecified atom stereocenters. The average Bonchev–Trinajstić information content (AvgIpc) is 3.21. The van der Waals surface area contributed by atoms with Crippen molar-refractivity contribution >= 4 is 5.82 Å². The molecule has 106 valence electrons. The molecular weight excluding hydrogens is 240 g/mol. The Morgan fingerprint density at radius 2 is 2.32 bits per heavy atom. The zero-order chi connectivity index (χ0) is 13.8. The van der Waals surface area contributed by atoms with Gasteiger partial charge in [0.05, 0.1) is 0 Å². The van der Waals surface area contributed by atoms with Gasteiger partial charge >= 0.3 is 0 Å². The molecule has 1 aromatic heterocycles. The van der Waals surface area contributed by atoms with Crippen LogP contribution < -0.4 is 10.9 Å². The summed E-state index contributed by atoms with van der Waals surface area (Å²) in [5.74, 6) is 2.01. The Bertz CT molecular complexity index is 467. The van der Waals surface area contributed by atoms with Crippen LogP contribution in [0.3, 0.4) is 0 Å². The smallest absolute Gasteiger partial charge is 0.252 e. The molecule has 0 amide bonds. The van der Waals surface area contributed by atoms with Crippen LogP contribution in [-0.4, -0.2) is 41.0 Å². The third-order valence-corrected chi connectivity index (χ3v) is 3.84. The minimum Gasteiger partial charge on any atom is -0.369 e. The monoisotopic (exact) mass is 264 g/mol. The number of nitrogens with zero attached hydrogens (tertiary/aromatic N) is 2. The van der Waals surface area contributed by atoms with E-state index < -0.39 is 0 Å². The first-order valence-electron chi connectivity index (χ1n) is 7.15. The molecule has 0 spiro atoms. The lowest BCUT2D eigenvalue weighted by Gasteiger charge is -2.23. The maximum Gasteiger partial charge on any atom is 0.252 e. The Hall–Kier alpha value is -1.36. The number of hydrogen-bond donors (Lipinski definition) is 2. The van der Waals surface area contributed by atoms with Gasteiger partial charge in [-0.15, -0.1) is 0 Å². The lowest BCUT2D eigenvalue weighted by molar-refractivity contribution is 0.261. The average molecular weight is 264 g/mol. The van der Waals surface area contributed by atoms with Gasteiger partial charge in [0.2, 0.25) is 0 Å². The predicted octanol–water partition coefficient (Wildman–Crippen LogP) is 1.79. The van der Waals surface area contributed by atoms with Crippen molar-refractivity contribution < 1.29 is 0 Å². The van der Waals surface area contributed by atoms with E-state index in [4.69, 9.17) is 0 Å². The zero-order valence-electron chi connectivity index (χ0n) is 12.1. The minimum atomic E-state index is -0.0605. The lowest BCUT2D eigenvalue weighted by atomic mass is 10.2. The summed E-state index contributed by atoms with van der Waals surface area (Å²) in [6.45, 7) is 6.16. The fourth-order valence-electron chi connectivity index (χ4n) is 2.01. The van der Waals surface area contributed by atoms with Crippen LogP contribution >= 0.6 is 0 Å². The molecule has 1 heterocycles. The van der Waals surface area contributed by atoms with E-state index in [9.17, 15) is 4.79 Å². The Morgan fingerprint density at radius 1 is 1.58 bits per heavy atom. The maximum absolute atomic E-state index is 11.5. The first kappa shape index (κ1) is 14.1. The van der Waals surface area contributed by atoms with Crippen LogP contribution in [0, 0.1) is 0 Å². The number of H-pyrrole nitrogens is 1. The predicted molar refractivity (Wildman–Crippen MR) is 77.7 cm³/mol. The molecule has 1 aliphatic carbocycles. The Kier molecular flexibility index (Phi) is 4.58. The highest BCUT2D eigenvalue weighted by Gasteiger charge is 2.26. The highest BCUT2D eigenvalue weighted by Crippen LogP contribution is 2.37. The van der Waals surface area contributed by atoms with E-state index in [1.807, 2.05) is 0 Å². The standard InChI is InChI=1S/C14H24N4O/c1-4-10(2)18(3)8-7-15-12-9-13(19)17-14(16-12)11-5-6-11/h9-11H,4-8H2,1-3H3,(H2,15,16,17,19). The first-order valence-corrected chi connectivity index (χ1v) is 7.15. The van der Waals surface area contributed by atoms with E-state index in [2.05, 4.69) is 41.1 Å². The van der Waals surface area contributed by atoms with Crippen molar-refractivity contribution in [2.45, 2.75) is 45.1 Å². The molecule has 1 atom stereocenters. The molecule has 5 heteroatoms. The second-order valence-corrected chi connectivity index (χ2v) is 5.45. The molecule has 19 heavy (non-hydrogen) atoms. The molecule has 2 N–H and O–H groups in total. The van der Waals surface area contributed by atoms with Crippen LogP contribution in [-0.2, 0) is 0 Å². The first-order chi connectivity index (χ1) is 9.10. The summed E-state index contributed by atoms with van der Waals surface area (Å²) in [6, 6.07) is 2.12. The highest BCUT2D eigenvalue weighted by molar-refractivity contribution is 5.33. The van der Waals surface area contributed by atoms with Gasteiger partial charge in [0.15, 0.2) is 0 Å². The van der Waals surface area contributed by atoms with E-state index in [-0.39, 0.29) is 5.56 Å². The van der Waals surface area contributed by atoms with E-state index in [1.54, 1.807) is 0 Å². The molecule has 2 rings (SSSR count). The molecule has 1 fully saturated rings. The van der Waals surface area contributed by atoms with Crippen molar-refractivity contribution in [1.29, 1.82) is 0 Å². The molecule has 0 aliphatic heterocycles. The Morgan fingerprint density at radius 3 is 2.95 bits per heavy atom. The Labute approximate surface area is 114 Å². The molecule has 0 radical (unpaired) electrons. The maximum atomic E-state index is 11.5. The van der Waals surface area contributed by atoms with Crippen LogP contribution in [0.4, 0.5) is 5.82 Å². The van der Waals surface area contributed by atoms with Crippen LogP contribution in [0.25, 0.3) is 0 Å². The number of aromatic amines is 1. The summed E-state index contributed by atoms with van der Waals surface area (Å²) in [6.07, 6.45) is 3.43. The van der Waals surface area contributed by atoms with Gasteiger partial charge in [0.25, 0.3) is 5.56 Å². The molecule has 1 aromatic rings. The van der Waals surface area contributed by atoms with Crippen LogP contribution in [0.2, 0.25) is 0 Å². The molecule has 0 aromatic carbocycles. The summed E-state index contributed by atoms with van der Waals surface area (Å²) >= 11 is 0. The van der Waals surface area contributed by atoms with Gasteiger partial charge in [-0.3, -0.25) is 4.79 Å². The molecule has 5 nitrogen and oxygen atoms in total. The fourth-order valence-corrected chi connectivity index (χ4v) is 2.01. The van der Waals surface area contributed by atoms with Crippen molar-refractivity contribution in [3.05, 3.63) is 22.2 Å². The van der Waals surface area contributed by atoms with Crippen molar-refractivity contribution in [2.24, 2.45) is 0 Å². The minimum absolute atomic E-state index is 0.0605. The summed E-state index contributed by atoms with van der Waals surface area (Å²) in [7, 11) is 2.12. The number of anilines is 1. The fraction of sp³-hybridized carbons (Fsp3) is 0.714. The van der Waals surface area contributed by atoms with E-state index in [1.165, 1.54) is 6.07 Å². The zero-order valence-corrected chi connectivity index (χ0v) is 12.1. The summed E-state index contributed by atoms with van der Waals surface area (Å²) in [5.41, 5.74) is -0.0605. The van der Waals surface area contributed by atoms with Crippen molar-refractivity contribution in [2.75, 3.05) is 25.5 Å². The van der Waals surface area contributed by atoms with Gasteiger partial charge in [-0.2, -0.15) is 0 Å². The largest absolute Gasteiger partial charge is 0.369 e. The van der Waals surface area contributed by atoms with Gasteiger partial charge in [-0.1, -0.05) is 6.92 Å². The third kappa shape index (κ3) is 4.06. The van der Waals surface area contributed by atoms with Crippen LogP contribution in [0.15, 0.2) is 10.9 Å². The van der Waals surface area contributed by atoms with Gasteiger partial charge in [-0.05, 0) is 33.2 Å². The van der Waals surface area contributed by atoms with E-state index in [0.717, 1.165) is 38.2 Å². The van der Waals surface area contributed by atoms with Gasteiger partial charge in [-0.25, -0.2) is 4.98 Å². The number of nitrogens with one attached hydrogen (secondary N) is 2. The van der Waals surface area contributed by atoms with E-state index >= 15 is 0 Å². The molecular formula is C14H24N4O.